The van der Waals surface area contributed by atoms with E-state index < -0.39 is 0 Å². The van der Waals surface area contributed by atoms with Crippen LogP contribution in [0.2, 0.25) is 0 Å². The minimum absolute atomic E-state index is 0.873. The van der Waals surface area contributed by atoms with Gasteiger partial charge in [-0.15, -0.1) is 11.3 Å². The van der Waals surface area contributed by atoms with Crippen LogP contribution in [-0.4, -0.2) is 41.1 Å². The Bertz CT molecular complexity index is 793. The molecule has 1 fully saturated rings. The van der Waals surface area contributed by atoms with Crippen LogP contribution in [0.3, 0.4) is 0 Å². The lowest BCUT2D eigenvalue weighted by Crippen LogP contribution is -2.47. The molecule has 0 unspecified atom stereocenters. The summed E-state index contributed by atoms with van der Waals surface area (Å²) in [6.07, 6.45) is 4.58. The van der Waals surface area contributed by atoms with Gasteiger partial charge in [0.25, 0.3) is 0 Å². The Morgan fingerprint density at radius 3 is 2.48 bits per heavy atom. The maximum atomic E-state index is 4.81. The van der Waals surface area contributed by atoms with Gasteiger partial charge in [0.1, 0.15) is 16.5 Å². The molecule has 3 aromatic rings. The molecule has 5 nitrogen and oxygen atoms in total. The molecule has 0 radical (unpaired) electrons. The molecule has 1 aliphatic heterocycles. The summed E-state index contributed by atoms with van der Waals surface area (Å²) >= 11 is 1.70. The number of pyridine rings is 1. The molecule has 4 rings (SSSR count). The third-order valence-electron chi connectivity index (χ3n) is 4.27. The fraction of sp³-hybridized carbons (Fsp3) is 0.353. The summed E-state index contributed by atoms with van der Waals surface area (Å²) in [5.41, 5.74) is 1.25. The Morgan fingerprint density at radius 1 is 1.00 bits per heavy atom. The molecule has 118 valence electrons. The van der Waals surface area contributed by atoms with E-state index in [0.29, 0.717) is 0 Å². The number of rotatable bonds is 3. The summed E-state index contributed by atoms with van der Waals surface area (Å²) in [6.45, 7) is 6.07. The van der Waals surface area contributed by atoms with Crippen molar-refractivity contribution in [1.29, 1.82) is 0 Å². The monoisotopic (exact) mass is 325 g/mol. The molecule has 3 aromatic heterocycles. The molecule has 0 atom stereocenters. The number of fused-ring (bicyclic) bond motifs is 1. The van der Waals surface area contributed by atoms with E-state index in [0.717, 1.165) is 49.1 Å². The highest BCUT2D eigenvalue weighted by atomic mass is 32.1. The largest absolute Gasteiger partial charge is 0.368 e. The Kier molecular flexibility index (Phi) is 3.83. The van der Waals surface area contributed by atoms with Crippen LogP contribution in [0.1, 0.15) is 12.7 Å². The third-order valence-corrected chi connectivity index (χ3v) is 5.08. The lowest BCUT2D eigenvalue weighted by atomic mass is 10.2. The zero-order chi connectivity index (χ0) is 15.6. The summed E-state index contributed by atoms with van der Waals surface area (Å²) < 4.78 is 0. The zero-order valence-electron chi connectivity index (χ0n) is 13.1. The van der Waals surface area contributed by atoms with E-state index in [4.69, 9.17) is 4.98 Å². The van der Waals surface area contributed by atoms with Gasteiger partial charge in [-0.2, -0.15) is 0 Å². The number of aryl methyl sites for hydroxylation is 1. The van der Waals surface area contributed by atoms with E-state index in [-0.39, 0.29) is 0 Å². The van der Waals surface area contributed by atoms with Crippen molar-refractivity contribution < 1.29 is 0 Å². The second-order valence-electron chi connectivity index (χ2n) is 5.64. The molecule has 6 heteroatoms. The highest BCUT2D eigenvalue weighted by Crippen LogP contribution is 2.29. The van der Waals surface area contributed by atoms with E-state index in [1.54, 1.807) is 11.3 Å². The molecule has 0 saturated carbocycles. The van der Waals surface area contributed by atoms with Gasteiger partial charge >= 0.3 is 0 Å². The molecule has 1 saturated heterocycles. The van der Waals surface area contributed by atoms with Crippen LogP contribution in [0.15, 0.2) is 36.0 Å². The van der Waals surface area contributed by atoms with Gasteiger partial charge in [0, 0.05) is 50.7 Å². The molecule has 0 bridgehead atoms. The molecular weight excluding hydrogens is 306 g/mol. The number of anilines is 2. The number of hydrogen-bond donors (Lipinski definition) is 0. The van der Waals surface area contributed by atoms with Crippen molar-refractivity contribution in [3.63, 3.8) is 0 Å². The molecule has 0 aliphatic carbocycles. The predicted octanol–water partition coefficient (Wildman–Crippen LogP) is 2.98. The van der Waals surface area contributed by atoms with Gasteiger partial charge in [-0.25, -0.2) is 9.97 Å². The van der Waals surface area contributed by atoms with E-state index >= 15 is 0 Å². The van der Waals surface area contributed by atoms with Crippen molar-refractivity contribution in [2.45, 2.75) is 13.3 Å². The van der Waals surface area contributed by atoms with E-state index in [2.05, 4.69) is 50.3 Å². The van der Waals surface area contributed by atoms with Crippen LogP contribution in [0.5, 0.6) is 0 Å². The van der Waals surface area contributed by atoms with E-state index in [9.17, 15) is 0 Å². The van der Waals surface area contributed by atoms with Gasteiger partial charge < -0.3 is 9.80 Å². The fourth-order valence-corrected chi connectivity index (χ4v) is 3.79. The van der Waals surface area contributed by atoms with Crippen LogP contribution in [0.4, 0.5) is 11.5 Å². The molecule has 4 heterocycles. The Balaban J connectivity index is 1.58. The average molecular weight is 325 g/mol. The molecule has 0 aromatic carbocycles. The Labute approximate surface area is 139 Å². The van der Waals surface area contributed by atoms with Crippen LogP contribution in [-0.2, 0) is 6.42 Å². The van der Waals surface area contributed by atoms with E-state index in [1.807, 2.05) is 12.4 Å². The SMILES string of the molecule is CCc1nc(N2CCN(c3ccncc3)CC2)c2ccsc2n1. The number of hydrogen-bond acceptors (Lipinski definition) is 6. The van der Waals surface area contributed by atoms with Crippen LogP contribution >= 0.6 is 11.3 Å². The van der Waals surface area contributed by atoms with Gasteiger partial charge in [0.05, 0.1) is 5.39 Å². The first-order valence-electron chi connectivity index (χ1n) is 7.99. The maximum Gasteiger partial charge on any atom is 0.141 e. The van der Waals surface area contributed by atoms with Gasteiger partial charge in [-0.1, -0.05) is 6.92 Å². The third kappa shape index (κ3) is 2.74. The van der Waals surface area contributed by atoms with Crippen molar-refractivity contribution in [2.75, 3.05) is 36.0 Å². The highest BCUT2D eigenvalue weighted by molar-refractivity contribution is 7.16. The lowest BCUT2D eigenvalue weighted by molar-refractivity contribution is 0.647. The number of piperazine rings is 1. The van der Waals surface area contributed by atoms with Crippen molar-refractivity contribution in [1.82, 2.24) is 15.0 Å². The summed E-state index contributed by atoms with van der Waals surface area (Å²) in [6, 6.07) is 6.29. The summed E-state index contributed by atoms with van der Waals surface area (Å²) in [5, 5.41) is 3.29. The molecule has 1 aliphatic rings. The topological polar surface area (TPSA) is 45.2 Å². The predicted molar refractivity (Wildman–Crippen MR) is 95.5 cm³/mol. The quantitative estimate of drug-likeness (QED) is 0.741. The van der Waals surface area contributed by atoms with Gasteiger partial charge in [-0.3, -0.25) is 4.98 Å². The van der Waals surface area contributed by atoms with Crippen LogP contribution in [0.25, 0.3) is 10.2 Å². The van der Waals surface area contributed by atoms with Gasteiger partial charge in [0.15, 0.2) is 0 Å². The lowest BCUT2D eigenvalue weighted by Gasteiger charge is -2.37. The minimum atomic E-state index is 0.873. The first-order valence-corrected chi connectivity index (χ1v) is 8.87. The van der Waals surface area contributed by atoms with E-state index in [1.165, 1.54) is 11.1 Å². The molecule has 0 spiro atoms. The Morgan fingerprint density at radius 2 is 1.74 bits per heavy atom. The van der Waals surface area contributed by atoms with Crippen molar-refractivity contribution in [3.8, 4) is 0 Å². The normalized spacial score (nSPS) is 15.3. The number of thiophene rings is 1. The molecule has 0 N–H and O–H groups in total. The molecule has 0 amide bonds. The second-order valence-corrected chi connectivity index (χ2v) is 6.53. The molecular formula is C17H19N5S. The van der Waals surface area contributed by atoms with Gasteiger partial charge in [-0.05, 0) is 23.6 Å². The Hall–Kier alpha value is -2.21. The zero-order valence-corrected chi connectivity index (χ0v) is 14.0. The van der Waals surface area contributed by atoms with Crippen molar-refractivity contribution in [2.24, 2.45) is 0 Å². The smallest absolute Gasteiger partial charge is 0.141 e. The average Bonchev–Trinajstić information content (AvgIpc) is 3.10. The van der Waals surface area contributed by atoms with Gasteiger partial charge in [0.2, 0.25) is 0 Å². The van der Waals surface area contributed by atoms with Crippen LogP contribution < -0.4 is 9.80 Å². The highest BCUT2D eigenvalue weighted by Gasteiger charge is 2.21. The maximum absolute atomic E-state index is 4.81. The standard InChI is InChI=1S/C17H19N5S/c1-2-15-19-16(14-5-12-23-17(14)20-15)22-10-8-21(9-11-22)13-3-6-18-7-4-13/h3-7,12H,2,8-11H2,1H3. The summed E-state index contributed by atoms with van der Waals surface area (Å²) in [7, 11) is 0. The second kappa shape index (κ2) is 6.12. The molecule has 23 heavy (non-hydrogen) atoms. The summed E-state index contributed by atoms with van der Waals surface area (Å²) in [5.74, 6) is 2.04. The van der Waals surface area contributed by atoms with Crippen LogP contribution in [0, 0.1) is 0 Å². The number of nitrogens with zero attached hydrogens (tertiary/aromatic N) is 5. The minimum Gasteiger partial charge on any atom is -0.368 e. The summed E-state index contributed by atoms with van der Waals surface area (Å²) in [4.78, 5) is 19.4. The van der Waals surface area contributed by atoms with Crippen molar-refractivity contribution in [3.05, 3.63) is 41.8 Å². The van der Waals surface area contributed by atoms with Crippen molar-refractivity contribution >= 4 is 33.1 Å². The first-order chi connectivity index (χ1) is 11.3. The first kappa shape index (κ1) is 14.4. The number of aromatic nitrogens is 3. The fourth-order valence-electron chi connectivity index (χ4n) is 3.01.